The number of carbonyl (C=O) groups is 1. The highest BCUT2D eigenvalue weighted by molar-refractivity contribution is 7.99. The first-order valence-corrected chi connectivity index (χ1v) is 9.91. The van der Waals surface area contributed by atoms with Gasteiger partial charge in [-0.05, 0) is 31.9 Å². The van der Waals surface area contributed by atoms with E-state index < -0.39 is 0 Å². The molecule has 1 aliphatic heterocycles. The maximum atomic E-state index is 12.6. The van der Waals surface area contributed by atoms with Gasteiger partial charge < -0.3 is 10.2 Å². The maximum absolute atomic E-state index is 12.6. The van der Waals surface area contributed by atoms with E-state index in [9.17, 15) is 4.79 Å². The maximum Gasteiger partial charge on any atom is 0.223 e. The Kier molecular flexibility index (Phi) is 5.75. The van der Waals surface area contributed by atoms with E-state index in [0.717, 1.165) is 38.2 Å². The van der Waals surface area contributed by atoms with Crippen LogP contribution >= 0.6 is 11.8 Å². The minimum absolute atomic E-state index is 0.146. The first kappa shape index (κ1) is 16.6. The average molecular weight is 334 g/mol. The molecular formula is C17H26N4OS. The monoisotopic (exact) mass is 334 g/mol. The Bertz CT molecular complexity index is 505. The summed E-state index contributed by atoms with van der Waals surface area (Å²) >= 11 is 1.90. The van der Waals surface area contributed by atoms with E-state index >= 15 is 0 Å². The van der Waals surface area contributed by atoms with Crippen LogP contribution < -0.4 is 10.2 Å². The minimum atomic E-state index is 0.146. The predicted molar refractivity (Wildman–Crippen MR) is 94.7 cm³/mol. The number of anilines is 1. The number of carbonyl (C=O) groups excluding carboxylic acids is 1. The summed E-state index contributed by atoms with van der Waals surface area (Å²) < 4.78 is 0. The fraction of sp³-hybridized carbons (Fsp3) is 0.706. The van der Waals surface area contributed by atoms with Crippen molar-refractivity contribution in [3.05, 3.63) is 18.6 Å². The number of nitrogens with one attached hydrogen (secondary N) is 1. The van der Waals surface area contributed by atoms with Crippen molar-refractivity contribution in [1.82, 2.24) is 15.3 Å². The molecule has 126 valence electrons. The van der Waals surface area contributed by atoms with Crippen molar-refractivity contribution >= 4 is 23.5 Å². The topological polar surface area (TPSA) is 58.1 Å². The predicted octanol–water partition coefficient (Wildman–Crippen LogP) is 2.48. The second-order valence-electron chi connectivity index (χ2n) is 6.50. The standard InChI is InChI=1S/C17H26N4OS/c1-23-15-5-3-2-4-14(15)20-17(22)13-6-10-21(11-7-13)16-12-18-8-9-19-16/h8-9,12-15H,2-7,10-11H2,1H3,(H,20,22)/t14-,15+/m0/s1. The Morgan fingerprint density at radius 1 is 1.22 bits per heavy atom. The van der Waals surface area contributed by atoms with E-state index in [0.29, 0.717) is 11.3 Å². The zero-order valence-corrected chi connectivity index (χ0v) is 14.6. The van der Waals surface area contributed by atoms with Crippen LogP contribution in [0.25, 0.3) is 0 Å². The van der Waals surface area contributed by atoms with Crippen molar-refractivity contribution in [2.24, 2.45) is 5.92 Å². The molecule has 2 heterocycles. The van der Waals surface area contributed by atoms with Crippen molar-refractivity contribution in [3.63, 3.8) is 0 Å². The van der Waals surface area contributed by atoms with Gasteiger partial charge in [0.1, 0.15) is 5.82 Å². The van der Waals surface area contributed by atoms with Gasteiger partial charge in [-0.2, -0.15) is 11.8 Å². The van der Waals surface area contributed by atoms with E-state index in [1.165, 1.54) is 19.3 Å². The lowest BCUT2D eigenvalue weighted by atomic mass is 9.92. The molecule has 1 N–H and O–H groups in total. The molecule has 5 nitrogen and oxygen atoms in total. The average Bonchev–Trinajstić information content (AvgIpc) is 2.63. The molecule has 0 spiro atoms. The van der Waals surface area contributed by atoms with E-state index in [1.807, 2.05) is 11.8 Å². The quantitative estimate of drug-likeness (QED) is 0.917. The number of hydrogen-bond donors (Lipinski definition) is 1. The Morgan fingerprint density at radius 3 is 2.70 bits per heavy atom. The highest BCUT2D eigenvalue weighted by Crippen LogP contribution is 2.28. The molecule has 2 fully saturated rings. The molecule has 0 bridgehead atoms. The van der Waals surface area contributed by atoms with Crippen LogP contribution in [0.15, 0.2) is 18.6 Å². The van der Waals surface area contributed by atoms with Crippen LogP contribution in [0.4, 0.5) is 5.82 Å². The lowest BCUT2D eigenvalue weighted by Crippen LogP contribution is -2.48. The number of rotatable bonds is 4. The Balaban J connectivity index is 1.50. The van der Waals surface area contributed by atoms with E-state index in [1.54, 1.807) is 18.6 Å². The summed E-state index contributed by atoms with van der Waals surface area (Å²) in [6.07, 6.45) is 14.1. The number of aromatic nitrogens is 2. The number of piperidine rings is 1. The highest BCUT2D eigenvalue weighted by atomic mass is 32.2. The van der Waals surface area contributed by atoms with Crippen LogP contribution in [-0.2, 0) is 4.79 Å². The first-order chi connectivity index (χ1) is 11.3. The van der Waals surface area contributed by atoms with Crippen LogP contribution in [-0.4, -0.2) is 46.5 Å². The SMILES string of the molecule is CS[C@@H]1CCCC[C@@H]1NC(=O)C1CCN(c2cnccn2)CC1. The van der Waals surface area contributed by atoms with Crippen molar-refractivity contribution in [2.75, 3.05) is 24.2 Å². The molecule has 1 saturated heterocycles. The van der Waals surface area contributed by atoms with Gasteiger partial charge in [0, 0.05) is 42.7 Å². The van der Waals surface area contributed by atoms with Gasteiger partial charge in [0.15, 0.2) is 0 Å². The fourth-order valence-corrected chi connectivity index (χ4v) is 4.60. The molecule has 1 amide bonds. The summed E-state index contributed by atoms with van der Waals surface area (Å²) in [6.45, 7) is 1.76. The van der Waals surface area contributed by atoms with Gasteiger partial charge in [0.25, 0.3) is 0 Å². The van der Waals surface area contributed by atoms with Crippen LogP contribution in [0.1, 0.15) is 38.5 Å². The van der Waals surface area contributed by atoms with E-state index in [2.05, 4.69) is 26.4 Å². The summed E-state index contributed by atoms with van der Waals surface area (Å²) in [7, 11) is 0. The lowest BCUT2D eigenvalue weighted by molar-refractivity contribution is -0.126. The number of nitrogens with zero attached hydrogens (tertiary/aromatic N) is 3. The normalized spacial score (nSPS) is 26.0. The molecule has 6 heteroatoms. The molecule has 1 aliphatic carbocycles. The number of hydrogen-bond acceptors (Lipinski definition) is 5. The van der Waals surface area contributed by atoms with Crippen molar-refractivity contribution in [1.29, 1.82) is 0 Å². The second-order valence-corrected chi connectivity index (χ2v) is 7.58. The third-order valence-corrected chi connectivity index (χ3v) is 6.24. The van der Waals surface area contributed by atoms with Gasteiger partial charge in [0.2, 0.25) is 5.91 Å². The summed E-state index contributed by atoms with van der Waals surface area (Å²) in [4.78, 5) is 23.3. The third kappa shape index (κ3) is 4.16. The van der Waals surface area contributed by atoms with Gasteiger partial charge in [-0.1, -0.05) is 12.8 Å². The third-order valence-electron chi connectivity index (χ3n) is 5.07. The molecule has 2 atom stereocenters. The van der Waals surface area contributed by atoms with E-state index in [-0.39, 0.29) is 11.8 Å². The summed E-state index contributed by atoms with van der Waals surface area (Å²) in [5, 5.41) is 3.93. The molecule has 0 aromatic carbocycles. The van der Waals surface area contributed by atoms with Gasteiger partial charge in [-0.3, -0.25) is 9.78 Å². The summed E-state index contributed by atoms with van der Waals surface area (Å²) in [5.74, 6) is 1.32. The van der Waals surface area contributed by atoms with Crippen LogP contribution in [0.2, 0.25) is 0 Å². The first-order valence-electron chi connectivity index (χ1n) is 8.62. The van der Waals surface area contributed by atoms with E-state index in [4.69, 9.17) is 0 Å². The Labute approximate surface area is 142 Å². The van der Waals surface area contributed by atoms with Crippen molar-refractivity contribution in [3.8, 4) is 0 Å². The molecule has 0 unspecified atom stereocenters. The Hall–Kier alpha value is -1.30. The summed E-state index contributed by atoms with van der Waals surface area (Å²) in [5.41, 5.74) is 0. The van der Waals surface area contributed by atoms with Gasteiger partial charge in [-0.25, -0.2) is 4.98 Å². The largest absolute Gasteiger partial charge is 0.355 e. The fourth-order valence-electron chi connectivity index (χ4n) is 3.67. The lowest BCUT2D eigenvalue weighted by Gasteiger charge is -2.35. The summed E-state index contributed by atoms with van der Waals surface area (Å²) in [6, 6.07) is 0.365. The molecule has 1 aromatic rings. The smallest absolute Gasteiger partial charge is 0.223 e. The number of thioether (sulfide) groups is 1. The molecule has 23 heavy (non-hydrogen) atoms. The minimum Gasteiger partial charge on any atom is -0.355 e. The Morgan fingerprint density at radius 2 is 2.00 bits per heavy atom. The molecule has 3 rings (SSSR count). The molecule has 1 saturated carbocycles. The van der Waals surface area contributed by atoms with Crippen LogP contribution in [0.3, 0.4) is 0 Å². The molecular weight excluding hydrogens is 308 g/mol. The van der Waals surface area contributed by atoms with Gasteiger partial charge >= 0.3 is 0 Å². The molecule has 0 radical (unpaired) electrons. The zero-order chi connectivity index (χ0) is 16.1. The van der Waals surface area contributed by atoms with Crippen LogP contribution in [0.5, 0.6) is 0 Å². The van der Waals surface area contributed by atoms with Crippen molar-refractivity contribution < 1.29 is 4.79 Å². The zero-order valence-electron chi connectivity index (χ0n) is 13.8. The van der Waals surface area contributed by atoms with Gasteiger partial charge in [0.05, 0.1) is 6.20 Å². The van der Waals surface area contributed by atoms with Crippen LogP contribution in [0, 0.1) is 5.92 Å². The number of amides is 1. The van der Waals surface area contributed by atoms with Gasteiger partial charge in [-0.15, -0.1) is 0 Å². The van der Waals surface area contributed by atoms with Crippen molar-refractivity contribution in [2.45, 2.75) is 49.8 Å². The molecule has 2 aliphatic rings. The molecule has 1 aromatic heterocycles. The second kappa shape index (κ2) is 7.99. The highest BCUT2D eigenvalue weighted by Gasteiger charge is 2.30.